The van der Waals surface area contributed by atoms with Crippen molar-refractivity contribution in [1.82, 2.24) is 10.2 Å². The van der Waals surface area contributed by atoms with Gasteiger partial charge in [-0.2, -0.15) is 0 Å². The van der Waals surface area contributed by atoms with Crippen LogP contribution < -0.4 is 5.32 Å². The van der Waals surface area contributed by atoms with E-state index in [-0.39, 0.29) is 11.9 Å². The molecule has 18 heavy (non-hydrogen) atoms. The summed E-state index contributed by atoms with van der Waals surface area (Å²) in [7, 11) is 3.84. The molecule has 0 saturated heterocycles. The Labute approximate surface area is 109 Å². The first-order valence-corrected chi connectivity index (χ1v) is 6.16. The molecule has 0 aliphatic rings. The summed E-state index contributed by atoms with van der Waals surface area (Å²) < 4.78 is 13.1. The first kappa shape index (κ1) is 15.1. The molecule has 0 radical (unpaired) electrons. The number of halogens is 1. The second-order valence-corrected chi connectivity index (χ2v) is 5.39. The van der Waals surface area contributed by atoms with Crippen molar-refractivity contribution >= 4 is 0 Å². The van der Waals surface area contributed by atoms with Crippen molar-refractivity contribution in [2.75, 3.05) is 27.2 Å². The highest BCUT2D eigenvalue weighted by molar-refractivity contribution is 5.19. The molecule has 1 aromatic carbocycles. The highest BCUT2D eigenvalue weighted by atomic mass is 19.1. The van der Waals surface area contributed by atoms with Crippen molar-refractivity contribution in [3.05, 3.63) is 35.6 Å². The summed E-state index contributed by atoms with van der Waals surface area (Å²) in [5.41, 5.74) is 0.0844. The van der Waals surface area contributed by atoms with Crippen molar-refractivity contribution < 1.29 is 9.50 Å². The van der Waals surface area contributed by atoms with Gasteiger partial charge in [-0.15, -0.1) is 0 Å². The van der Waals surface area contributed by atoms with Gasteiger partial charge in [0.25, 0.3) is 0 Å². The van der Waals surface area contributed by atoms with Gasteiger partial charge in [0, 0.05) is 19.1 Å². The average Bonchev–Trinajstić information content (AvgIpc) is 2.24. The minimum Gasteiger partial charge on any atom is -0.388 e. The van der Waals surface area contributed by atoms with Crippen molar-refractivity contribution in [3.8, 4) is 0 Å². The Morgan fingerprint density at radius 2 is 2.11 bits per heavy atom. The fourth-order valence-electron chi connectivity index (χ4n) is 2.00. The molecule has 102 valence electrons. The standard InChI is InChI=1S/C14H23FN2O/c1-11(12-6-5-7-13(15)8-12)16-9-14(2,18)10-17(3)4/h5-8,11,16,18H,9-10H2,1-4H3. The van der Waals surface area contributed by atoms with Crippen molar-refractivity contribution in [2.45, 2.75) is 25.5 Å². The fourth-order valence-corrected chi connectivity index (χ4v) is 2.00. The first-order chi connectivity index (χ1) is 8.30. The van der Waals surface area contributed by atoms with Gasteiger partial charge in [0.2, 0.25) is 0 Å². The third-order valence-corrected chi connectivity index (χ3v) is 2.79. The van der Waals surface area contributed by atoms with E-state index in [1.807, 2.05) is 32.0 Å². The van der Waals surface area contributed by atoms with Crippen LogP contribution in [0.4, 0.5) is 4.39 Å². The van der Waals surface area contributed by atoms with E-state index in [1.54, 1.807) is 13.0 Å². The average molecular weight is 254 g/mol. The second-order valence-electron chi connectivity index (χ2n) is 5.39. The molecule has 0 fully saturated rings. The van der Waals surface area contributed by atoms with Crippen molar-refractivity contribution in [2.24, 2.45) is 0 Å². The van der Waals surface area contributed by atoms with Gasteiger partial charge in [-0.1, -0.05) is 12.1 Å². The summed E-state index contributed by atoms with van der Waals surface area (Å²) in [6.45, 7) is 4.79. The van der Waals surface area contributed by atoms with Gasteiger partial charge in [0.15, 0.2) is 0 Å². The van der Waals surface area contributed by atoms with E-state index >= 15 is 0 Å². The summed E-state index contributed by atoms with van der Waals surface area (Å²) >= 11 is 0. The molecule has 0 aliphatic carbocycles. The molecule has 4 heteroatoms. The lowest BCUT2D eigenvalue weighted by atomic mass is 10.0. The molecular weight excluding hydrogens is 231 g/mol. The number of rotatable bonds is 6. The molecule has 0 aliphatic heterocycles. The monoisotopic (exact) mass is 254 g/mol. The summed E-state index contributed by atoms with van der Waals surface area (Å²) in [5.74, 6) is -0.235. The van der Waals surface area contributed by atoms with E-state index in [0.29, 0.717) is 13.1 Å². The van der Waals surface area contributed by atoms with E-state index in [1.165, 1.54) is 12.1 Å². The molecule has 0 bridgehead atoms. The van der Waals surface area contributed by atoms with Gasteiger partial charge < -0.3 is 15.3 Å². The Bertz CT molecular complexity index is 380. The Hall–Kier alpha value is -0.970. The van der Waals surface area contributed by atoms with Crippen molar-refractivity contribution in [1.29, 1.82) is 0 Å². The van der Waals surface area contributed by atoms with Crippen LogP contribution in [-0.4, -0.2) is 42.8 Å². The zero-order valence-electron chi connectivity index (χ0n) is 11.6. The molecule has 3 nitrogen and oxygen atoms in total. The molecule has 0 saturated carbocycles. The smallest absolute Gasteiger partial charge is 0.123 e. The Morgan fingerprint density at radius 3 is 2.67 bits per heavy atom. The highest BCUT2D eigenvalue weighted by Crippen LogP contribution is 2.14. The van der Waals surface area contributed by atoms with Gasteiger partial charge in [-0.25, -0.2) is 4.39 Å². The first-order valence-electron chi connectivity index (χ1n) is 6.16. The van der Waals surface area contributed by atoms with Gasteiger partial charge in [0.05, 0.1) is 5.60 Å². The number of hydrogen-bond donors (Lipinski definition) is 2. The molecule has 0 heterocycles. The molecule has 1 rings (SSSR count). The predicted octanol–water partition coefficient (Wildman–Crippen LogP) is 1.79. The lowest BCUT2D eigenvalue weighted by Gasteiger charge is -2.29. The van der Waals surface area contributed by atoms with Crippen LogP contribution in [0.3, 0.4) is 0 Å². The SMILES string of the molecule is CC(NCC(C)(O)CN(C)C)c1cccc(F)c1. The van der Waals surface area contributed by atoms with E-state index in [0.717, 1.165) is 5.56 Å². The predicted molar refractivity (Wildman–Crippen MR) is 72.0 cm³/mol. The molecule has 2 unspecified atom stereocenters. The maximum atomic E-state index is 13.1. The van der Waals surface area contributed by atoms with Gasteiger partial charge >= 0.3 is 0 Å². The Kier molecular flexibility index (Phi) is 5.26. The third kappa shape index (κ3) is 5.12. The number of nitrogens with zero attached hydrogens (tertiary/aromatic N) is 1. The van der Waals surface area contributed by atoms with Gasteiger partial charge in [-0.05, 0) is 45.6 Å². The Morgan fingerprint density at radius 1 is 1.44 bits per heavy atom. The van der Waals surface area contributed by atoms with Crippen LogP contribution in [0.5, 0.6) is 0 Å². The van der Waals surface area contributed by atoms with E-state index in [2.05, 4.69) is 5.32 Å². The van der Waals surface area contributed by atoms with Crippen molar-refractivity contribution in [3.63, 3.8) is 0 Å². The molecule has 0 amide bonds. The normalized spacial score (nSPS) is 16.6. The van der Waals surface area contributed by atoms with E-state index in [4.69, 9.17) is 0 Å². The number of aliphatic hydroxyl groups is 1. The van der Waals surface area contributed by atoms with Gasteiger partial charge in [0.1, 0.15) is 5.82 Å². The minimum absolute atomic E-state index is 0.00865. The molecule has 2 atom stereocenters. The highest BCUT2D eigenvalue weighted by Gasteiger charge is 2.22. The topological polar surface area (TPSA) is 35.5 Å². The van der Waals surface area contributed by atoms with Crippen LogP contribution >= 0.6 is 0 Å². The molecule has 2 N–H and O–H groups in total. The van der Waals surface area contributed by atoms with Crippen LogP contribution in [-0.2, 0) is 0 Å². The second kappa shape index (κ2) is 6.27. The largest absolute Gasteiger partial charge is 0.388 e. The summed E-state index contributed by atoms with van der Waals surface area (Å²) in [6, 6.07) is 6.52. The van der Waals surface area contributed by atoms with Crippen LogP contribution in [0.15, 0.2) is 24.3 Å². The van der Waals surface area contributed by atoms with Crippen LogP contribution in [0.1, 0.15) is 25.5 Å². The molecule has 0 spiro atoms. The summed E-state index contributed by atoms with van der Waals surface area (Å²) in [4.78, 5) is 1.94. The zero-order chi connectivity index (χ0) is 13.8. The minimum atomic E-state index is -0.801. The number of nitrogens with one attached hydrogen (secondary N) is 1. The number of benzene rings is 1. The van der Waals surface area contributed by atoms with Crippen LogP contribution in [0, 0.1) is 5.82 Å². The molecule has 0 aromatic heterocycles. The Balaban J connectivity index is 2.53. The maximum absolute atomic E-state index is 13.1. The number of hydrogen-bond acceptors (Lipinski definition) is 3. The van der Waals surface area contributed by atoms with E-state index in [9.17, 15) is 9.50 Å². The summed E-state index contributed by atoms with van der Waals surface area (Å²) in [5, 5.41) is 13.4. The maximum Gasteiger partial charge on any atom is 0.123 e. The lowest BCUT2D eigenvalue weighted by Crippen LogP contribution is -2.46. The lowest BCUT2D eigenvalue weighted by molar-refractivity contribution is 0.0317. The number of likely N-dealkylation sites (N-methyl/N-ethyl adjacent to an activating group) is 1. The quantitative estimate of drug-likeness (QED) is 0.812. The zero-order valence-corrected chi connectivity index (χ0v) is 11.6. The van der Waals surface area contributed by atoms with E-state index < -0.39 is 5.60 Å². The summed E-state index contributed by atoms with van der Waals surface area (Å²) in [6.07, 6.45) is 0. The fraction of sp³-hybridized carbons (Fsp3) is 0.571. The van der Waals surface area contributed by atoms with Crippen LogP contribution in [0.25, 0.3) is 0 Å². The third-order valence-electron chi connectivity index (χ3n) is 2.79. The van der Waals surface area contributed by atoms with Crippen LogP contribution in [0.2, 0.25) is 0 Å². The molecular formula is C14H23FN2O. The molecule has 1 aromatic rings. The van der Waals surface area contributed by atoms with Gasteiger partial charge in [-0.3, -0.25) is 0 Å².